The Bertz CT molecular complexity index is 1250. The number of fused-ring (bicyclic) bond motifs is 1. The summed E-state index contributed by atoms with van der Waals surface area (Å²) >= 11 is 0. The highest BCUT2D eigenvalue weighted by Gasteiger charge is 2.17. The zero-order chi connectivity index (χ0) is 23.3. The van der Waals surface area contributed by atoms with Crippen molar-refractivity contribution in [2.75, 3.05) is 19.0 Å². The van der Waals surface area contributed by atoms with E-state index >= 15 is 0 Å². The summed E-state index contributed by atoms with van der Waals surface area (Å²) in [4.78, 5) is 13.4. The second-order valence-corrected chi connectivity index (χ2v) is 7.00. The lowest BCUT2D eigenvalue weighted by atomic mass is 10.0. The number of nitrogens with one attached hydrogen (secondary N) is 1. The number of hydrogen-bond donors (Lipinski definition) is 1. The minimum absolute atomic E-state index is 0.249. The molecule has 0 spiro atoms. The Hall–Kier alpha value is -3.87. The van der Waals surface area contributed by atoms with E-state index in [2.05, 4.69) is 33.4 Å². The van der Waals surface area contributed by atoms with E-state index in [9.17, 15) is 8.78 Å². The van der Waals surface area contributed by atoms with Gasteiger partial charge in [-0.05, 0) is 49.8 Å². The molecule has 7 heteroatoms. The number of aromatic nitrogens is 2. The molecule has 5 nitrogen and oxygen atoms in total. The Balaban J connectivity index is 2.16. The summed E-state index contributed by atoms with van der Waals surface area (Å²) in [5.74, 6) is -0.0329. The molecule has 0 radical (unpaired) electrons. The predicted octanol–water partition coefficient (Wildman–Crippen LogP) is 6.19. The van der Waals surface area contributed by atoms with Gasteiger partial charge in [0.15, 0.2) is 5.82 Å². The van der Waals surface area contributed by atoms with Crippen LogP contribution < -0.4 is 10.1 Å². The molecule has 1 heterocycles. The molecule has 2 aromatic carbocycles. The van der Waals surface area contributed by atoms with E-state index in [0.717, 1.165) is 11.6 Å². The first-order valence-corrected chi connectivity index (χ1v) is 10.0. The van der Waals surface area contributed by atoms with Crippen molar-refractivity contribution in [2.24, 2.45) is 4.99 Å². The maximum absolute atomic E-state index is 14.4. The van der Waals surface area contributed by atoms with E-state index in [0.29, 0.717) is 46.2 Å². The van der Waals surface area contributed by atoms with Crippen molar-refractivity contribution in [1.82, 2.24) is 9.97 Å². The quantitative estimate of drug-likeness (QED) is 0.339. The van der Waals surface area contributed by atoms with Gasteiger partial charge in [-0.3, -0.25) is 4.99 Å². The molecule has 0 bridgehead atoms. The standard InChI is InChI=1S/C25H24F2N4O/c1-6-32-22-13-17(19-10-9-18(26)14-21(19)27)12-20-23(22)30-24(31-25(20)28-5)16(4)29-11-7-8-15(2)3/h7-14H,2,4,6H2,1,3,5H3,(H,28,30,31). The van der Waals surface area contributed by atoms with Gasteiger partial charge >= 0.3 is 0 Å². The van der Waals surface area contributed by atoms with Gasteiger partial charge in [-0.15, -0.1) is 0 Å². The molecule has 0 fully saturated rings. The first kappa shape index (κ1) is 22.8. The van der Waals surface area contributed by atoms with Crippen LogP contribution in [-0.4, -0.2) is 29.8 Å². The topological polar surface area (TPSA) is 59.4 Å². The third kappa shape index (κ3) is 5.06. The molecule has 32 heavy (non-hydrogen) atoms. The van der Waals surface area contributed by atoms with Crippen LogP contribution in [0.15, 0.2) is 66.2 Å². The molecular formula is C25H24F2N4O. The van der Waals surface area contributed by atoms with Crippen LogP contribution in [0.5, 0.6) is 5.75 Å². The Morgan fingerprint density at radius 1 is 1.19 bits per heavy atom. The van der Waals surface area contributed by atoms with Crippen LogP contribution in [0.4, 0.5) is 14.6 Å². The Morgan fingerprint density at radius 2 is 1.97 bits per heavy atom. The van der Waals surface area contributed by atoms with Crippen molar-refractivity contribution in [3.63, 3.8) is 0 Å². The summed E-state index contributed by atoms with van der Waals surface area (Å²) in [5.41, 5.74) is 2.56. The summed E-state index contributed by atoms with van der Waals surface area (Å²) in [6, 6.07) is 6.88. The molecule has 0 amide bonds. The molecule has 1 N–H and O–H groups in total. The minimum Gasteiger partial charge on any atom is -0.492 e. The number of benzene rings is 2. The van der Waals surface area contributed by atoms with Gasteiger partial charge in [0.1, 0.15) is 34.4 Å². The lowest BCUT2D eigenvalue weighted by Crippen LogP contribution is -2.03. The van der Waals surface area contributed by atoms with E-state index in [-0.39, 0.29) is 5.56 Å². The number of aliphatic imine (C=N–C) groups is 1. The van der Waals surface area contributed by atoms with Gasteiger partial charge < -0.3 is 10.1 Å². The van der Waals surface area contributed by atoms with Crippen molar-refractivity contribution < 1.29 is 13.5 Å². The summed E-state index contributed by atoms with van der Waals surface area (Å²) in [6.45, 7) is 11.8. The van der Waals surface area contributed by atoms with Gasteiger partial charge in [-0.1, -0.05) is 24.8 Å². The maximum atomic E-state index is 14.4. The summed E-state index contributed by atoms with van der Waals surface area (Å²) in [7, 11) is 1.72. The van der Waals surface area contributed by atoms with Gasteiger partial charge in [0.2, 0.25) is 0 Å². The fourth-order valence-corrected chi connectivity index (χ4v) is 3.06. The highest BCUT2D eigenvalue weighted by molar-refractivity contribution is 5.97. The maximum Gasteiger partial charge on any atom is 0.180 e. The third-order valence-electron chi connectivity index (χ3n) is 4.50. The van der Waals surface area contributed by atoms with E-state index in [1.54, 1.807) is 31.5 Å². The number of ether oxygens (including phenoxy) is 1. The van der Waals surface area contributed by atoms with Crippen molar-refractivity contribution >= 4 is 28.6 Å². The van der Waals surface area contributed by atoms with Crippen molar-refractivity contribution in [3.05, 3.63) is 78.7 Å². The molecule has 3 aromatic rings. The number of allylic oxidation sites excluding steroid dienone is 3. The second kappa shape index (κ2) is 9.96. The van der Waals surface area contributed by atoms with Gasteiger partial charge in [-0.2, -0.15) is 0 Å². The molecule has 1 aromatic heterocycles. The van der Waals surface area contributed by atoms with Crippen molar-refractivity contribution in [3.8, 4) is 16.9 Å². The van der Waals surface area contributed by atoms with E-state index in [4.69, 9.17) is 4.74 Å². The zero-order valence-electron chi connectivity index (χ0n) is 18.2. The summed E-state index contributed by atoms with van der Waals surface area (Å²) < 4.78 is 33.6. The van der Waals surface area contributed by atoms with E-state index in [1.807, 2.05) is 19.9 Å². The highest BCUT2D eigenvalue weighted by atomic mass is 19.1. The van der Waals surface area contributed by atoms with Crippen LogP contribution in [0.2, 0.25) is 0 Å². The zero-order valence-corrected chi connectivity index (χ0v) is 18.2. The monoisotopic (exact) mass is 434 g/mol. The van der Waals surface area contributed by atoms with Crippen LogP contribution in [-0.2, 0) is 0 Å². The molecule has 0 saturated carbocycles. The van der Waals surface area contributed by atoms with Gasteiger partial charge in [0, 0.05) is 30.3 Å². The Kier molecular flexibility index (Phi) is 7.10. The molecule has 0 saturated heterocycles. The molecule has 0 aliphatic rings. The van der Waals surface area contributed by atoms with Crippen LogP contribution >= 0.6 is 0 Å². The normalized spacial score (nSPS) is 11.4. The summed E-state index contributed by atoms with van der Waals surface area (Å²) in [6.07, 6.45) is 5.16. The first-order valence-electron chi connectivity index (χ1n) is 10.0. The smallest absolute Gasteiger partial charge is 0.180 e. The Morgan fingerprint density at radius 3 is 2.62 bits per heavy atom. The molecule has 0 atom stereocenters. The number of halogens is 2. The van der Waals surface area contributed by atoms with Crippen LogP contribution in [0.25, 0.3) is 27.7 Å². The van der Waals surface area contributed by atoms with E-state index < -0.39 is 11.6 Å². The third-order valence-corrected chi connectivity index (χ3v) is 4.50. The van der Waals surface area contributed by atoms with Gasteiger partial charge in [0.05, 0.1) is 6.61 Å². The van der Waals surface area contributed by atoms with E-state index in [1.165, 1.54) is 12.1 Å². The lowest BCUT2D eigenvalue weighted by Gasteiger charge is -2.14. The fourth-order valence-electron chi connectivity index (χ4n) is 3.06. The minimum atomic E-state index is -0.666. The molecule has 164 valence electrons. The number of hydrogen-bond acceptors (Lipinski definition) is 5. The SMILES string of the molecule is C=C(C)C=CC=NC(=C)c1nc(NC)c2cc(-c3ccc(F)cc3F)cc(OCC)c2n1. The molecule has 3 rings (SSSR count). The predicted molar refractivity (Wildman–Crippen MR) is 127 cm³/mol. The second-order valence-electron chi connectivity index (χ2n) is 7.00. The van der Waals surface area contributed by atoms with Crippen LogP contribution in [0, 0.1) is 11.6 Å². The number of anilines is 1. The first-order chi connectivity index (χ1) is 15.3. The number of nitrogens with zero attached hydrogens (tertiary/aromatic N) is 3. The number of rotatable bonds is 8. The molecule has 0 aliphatic heterocycles. The average molecular weight is 434 g/mol. The van der Waals surface area contributed by atoms with Crippen LogP contribution in [0.1, 0.15) is 19.7 Å². The lowest BCUT2D eigenvalue weighted by molar-refractivity contribution is 0.343. The van der Waals surface area contributed by atoms with Crippen LogP contribution in [0.3, 0.4) is 0 Å². The molecular weight excluding hydrogens is 410 g/mol. The Labute approximate surface area is 185 Å². The summed E-state index contributed by atoms with van der Waals surface area (Å²) in [5, 5.41) is 3.67. The molecule has 0 unspecified atom stereocenters. The van der Waals surface area contributed by atoms with Gasteiger partial charge in [0.25, 0.3) is 0 Å². The highest BCUT2D eigenvalue weighted by Crippen LogP contribution is 2.36. The van der Waals surface area contributed by atoms with Crippen molar-refractivity contribution in [2.45, 2.75) is 13.8 Å². The van der Waals surface area contributed by atoms with Crippen molar-refractivity contribution in [1.29, 1.82) is 0 Å². The molecule has 0 aliphatic carbocycles. The fraction of sp³-hybridized carbons (Fsp3) is 0.160. The largest absolute Gasteiger partial charge is 0.492 e. The average Bonchev–Trinajstić information content (AvgIpc) is 2.75. The van der Waals surface area contributed by atoms with Gasteiger partial charge in [-0.25, -0.2) is 18.7 Å².